The van der Waals surface area contributed by atoms with Gasteiger partial charge >= 0.3 is 11.6 Å². The van der Waals surface area contributed by atoms with Crippen molar-refractivity contribution in [2.24, 2.45) is 0 Å². The van der Waals surface area contributed by atoms with Gasteiger partial charge in [-0.25, -0.2) is 4.79 Å². The van der Waals surface area contributed by atoms with Crippen molar-refractivity contribution >= 4 is 22.6 Å². The molecule has 1 N–H and O–H groups in total. The van der Waals surface area contributed by atoms with E-state index in [1.54, 1.807) is 30.3 Å². The molecule has 0 fully saturated rings. The van der Waals surface area contributed by atoms with E-state index in [2.05, 4.69) is 10.3 Å². The number of anilines is 2. The van der Waals surface area contributed by atoms with Gasteiger partial charge in [0.25, 0.3) is 0 Å². The number of rotatable bonds is 2. The monoisotopic (exact) mass is 277 g/mol. The van der Waals surface area contributed by atoms with E-state index >= 15 is 0 Å². The van der Waals surface area contributed by atoms with Crippen LogP contribution in [0.1, 0.15) is 11.1 Å². The Morgan fingerprint density at radius 3 is 2.67 bits per heavy atom. The number of nitriles is 1. The third-order valence-corrected chi connectivity index (χ3v) is 3.05. The van der Waals surface area contributed by atoms with E-state index < -0.39 is 5.63 Å². The zero-order chi connectivity index (χ0) is 14.8. The van der Waals surface area contributed by atoms with E-state index in [1.165, 1.54) is 0 Å². The summed E-state index contributed by atoms with van der Waals surface area (Å²) < 4.78 is 5.15. The molecule has 0 atom stereocenters. The van der Waals surface area contributed by atoms with Crippen LogP contribution in [-0.4, -0.2) is 4.98 Å². The molecule has 0 unspecified atom stereocenters. The van der Waals surface area contributed by atoms with E-state index in [4.69, 9.17) is 9.68 Å². The fraction of sp³-hybridized carbons (Fsp3) is 0.0625. The quantitative estimate of drug-likeness (QED) is 0.778. The Morgan fingerprint density at radius 1 is 1.19 bits per heavy atom. The van der Waals surface area contributed by atoms with Crippen molar-refractivity contribution in [1.29, 1.82) is 5.26 Å². The van der Waals surface area contributed by atoms with Gasteiger partial charge in [-0.1, -0.05) is 6.07 Å². The lowest BCUT2D eigenvalue weighted by molar-refractivity contribution is 0.522. The maximum Gasteiger partial charge on any atom is 0.348 e. The van der Waals surface area contributed by atoms with Crippen molar-refractivity contribution < 1.29 is 4.42 Å². The number of aryl methyl sites for hydroxylation is 1. The highest BCUT2D eigenvalue weighted by Gasteiger charge is 2.06. The van der Waals surface area contributed by atoms with Crippen LogP contribution >= 0.6 is 0 Å². The van der Waals surface area contributed by atoms with Crippen molar-refractivity contribution in [3.05, 3.63) is 64.0 Å². The predicted molar refractivity (Wildman–Crippen MR) is 79.5 cm³/mol. The zero-order valence-corrected chi connectivity index (χ0v) is 11.3. The second-order valence-electron chi connectivity index (χ2n) is 4.64. The molecule has 0 bridgehead atoms. The number of hydrogen-bond donors (Lipinski definition) is 1. The zero-order valence-electron chi connectivity index (χ0n) is 11.3. The van der Waals surface area contributed by atoms with Crippen molar-refractivity contribution in [2.75, 3.05) is 5.32 Å². The molecule has 5 heteroatoms. The van der Waals surface area contributed by atoms with E-state index in [1.807, 2.05) is 25.1 Å². The molecule has 1 heterocycles. The highest BCUT2D eigenvalue weighted by Crippen LogP contribution is 2.17. The Hall–Kier alpha value is -3.13. The van der Waals surface area contributed by atoms with E-state index in [0.717, 1.165) is 5.56 Å². The minimum Gasteiger partial charge on any atom is -0.388 e. The summed E-state index contributed by atoms with van der Waals surface area (Å²) in [7, 11) is 0. The lowest BCUT2D eigenvalue weighted by Gasteiger charge is -2.05. The molecule has 0 saturated carbocycles. The number of nitrogens with one attached hydrogen (secondary N) is 1. The van der Waals surface area contributed by atoms with Crippen molar-refractivity contribution in [1.82, 2.24) is 4.98 Å². The van der Waals surface area contributed by atoms with Crippen LogP contribution in [0.15, 0.2) is 51.7 Å². The van der Waals surface area contributed by atoms with Gasteiger partial charge in [-0.15, -0.1) is 0 Å². The van der Waals surface area contributed by atoms with Crippen LogP contribution in [0.3, 0.4) is 0 Å². The fourth-order valence-electron chi connectivity index (χ4n) is 1.99. The molecule has 1 aromatic heterocycles. The Bertz CT molecular complexity index is 905. The molecular weight excluding hydrogens is 266 g/mol. The van der Waals surface area contributed by atoms with Crippen molar-refractivity contribution in [3.63, 3.8) is 0 Å². The third-order valence-electron chi connectivity index (χ3n) is 3.05. The first kappa shape index (κ1) is 12.9. The minimum absolute atomic E-state index is 0.128. The van der Waals surface area contributed by atoms with E-state index in [0.29, 0.717) is 22.2 Å². The van der Waals surface area contributed by atoms with Gasteiger partial charge in [0.05, 0.1) is 22.5 Å². The fourth-order valence-corrected chi connectivity index (χ4v) is 1.99. The van der Waals surface area contributed by atoms with Crippen LogP contribution in [0.2, 0.25) is 0 Å². The Balaban J connectivity index is 2.00. The summed E-state index contributed by atoms with van der Waals surface area (Å²) in [6, 6.07) is 14.3. The molecular formula is C16H11N3O2. The molecule has 5 nitrogen and oxygen atoms in total. The van der Waals surface area contributed by atoms with Crippen LogP contribution in [0.25, 0.3) is 10.9 Å². The molecule has 0 aliphatic rings. The molecule has 0 aliphatic heterocycles. The van der Waals surface area contributed by atoms with E-state index in [-0.39, 0.29) is 6.01 Å². The van der Waals surface area contributed by atoms with Crippen molar-refractivity contribution in [3.8, 4) is 6.07 Å². The molecule has 2 aromatic carbocycles. The summed E-state index contributed by atoms with van der Waals surface area (Å²) in [5, 5.41) is 12.1. The van der Waals surface area contributed by atoms with Crippen LogP contribution in [0.4, 0.5) is 11.7 Å². The molecule has 21 heavy (non-hydrogen) atoms. The molecule has 0 radical (unpaired) electrons. The maximum atomic E-state index is 11.9. The van der Waals surface area contributed by atoms with Crippen LogP contribution in [0, 0.1) is 18.3 Å². The summed E-state index contributed by atoms with van der Waals surface area (Å²) in [4.78, 5) is 16.2. The summed E-state index contributed by atoms with van der Waals surface area (Å²) in [5.41, 5.74) is 2.42. The summed E-state index contributed by atoms with van der Waals surface area (Å²) in [6.07, 6.45) is 0. The smallest absolute Gasteiger partial charge is 0.348 e. The van der Waals surface area contributed by atoms with Gasteiger partial charge in [-0.05, 0) is 48.9 Å². The third kappa shape index (κ3) is 2.60. The second kappa shape index (κ2) is 5.10. The van der Waals surface area contributed by atoms with Gasteiger partial charge < -0.3 is 9.73 Å². The highest BCUT2D eigenvalue weighted by molar-refractivity contribution is 5.78. The van der Waals surface area contributed by atoms with E-state index in [9.17, 15) is 4.79 Å². The Morgan fingerprint density at radius 2 is 1.95 bits per heavy atom. The number of fused-ring (bicyclic) bond motifs is 1. The average molecular weight is 277 g/mol. The number of nitrogens with zero attached hydrogens (tertiary/aromatic N) is 2. The lowest BCUT2D eigenvalue weighted by atomic mass is 10.2. The second-order valence-corrected chi connectivity index (χ2v) is 4.64. The lowest BCUT2D eigenvalue weighted by Crippen LogP contribution is -2.05. The molecule has 0 spiro atoms. The molecule has 3 rings (SSSR count). The minimum atomic E-state index is -0.434. The summed E-state index contributed by atoms with van der Waals surface area (Å²) in [6.45, 7) is 1.93. The summed E-state index contributed by atoms with van der Waals surface area (Å²) in [5.74, 6) is 0. The standard InChI is InChI=1S/C16H11N3O2/c1-10-2-7-13-14(8-10)19-16(21-15(13)20)18-12-5-3-11(9-17)4-6-12/h2-8H,1H3,(H,18,19). The van der Waals surface area contributed by atoms with Crippen LogP contribution in [-0.2, 0) is 0 Å². The van der Waals surface area contributed by atoms with Crippen LogP contribution in [0.5, 0.6) is 0 Å². The topological polar surface area (TPSA) is 78.9 Å². The van der Waals surface area contributed by atoms with Gasteiger partial charge in [0.2, 0.25) is 0 Å². The number of aromatic nitrogens is 1. The highest BCUT2D eigenvalue weighted by atomic mass is 16.4. The predicted octanol–water partition coefficient (Wildman–Crippen LogP) is 3.11. The maximum absolute atomic E-state index is 11.9. The first-order valence-electron chi connectivity index (χ1n) is 6.34. The van der Waals surface area contributed by atoms with Crippen molar-refractivity contribution in [2.45, 2.75) is 6.92 Å². The SMILES string of the molecule is Cc1ccc2c(=O)oc(Nc3ccc(C#N)cc3)nc2c1. The van der Waals surface area contributed by atoms with Gasteiger partial charge in [0, 0.05) is 5.69 Å². The molecule has 102 valence electrons. The van der Waals surface area contributed by atoms with Crippen LogP contribution < -0.4 is 10.9 Å². The summed E-state index contributed by atoms with van der Waals surface area (Å²) >= 11 is 0. The Kier molecular flexibility index (Phi) is 3.13. The largest absolute Gasteiger partial charge is 0.388 e. The molecule has 3 aromatic rings. The average Bonchev–Trinajstić information content (AvgIpc) is 2.47. The molecule has 0 amide bonds. The van der Waals surface area contributed by atoms with Gasteiger partial charge in [0.1, 0.15) is 0 Å². The normalized spacial score (nSPS) is 10.3. The van der Waals surface area contributed by atoms with Gasteiger partial charge in [-0.3, -0.25) is 0 Å². The number of hydrogen-bond acceptors (Lipinski definition) is 5. The first-order chi connectivity index (χ1) is 10.2. The first-order valence-corrected chi connectivity index (χ1v) is 6.34. The van der Waals surface area contributed by atoms with Gasteiger partial charge in [-0.2, -0.15) is 10.2 Å². The molecule has 0 aliphatic carbocycles. The number of benzene rings is 2. The van der Waals surface area contributed by atoms with Gasteiger partial charge in [0.15, 0.2) is 0 Å². The molecule has 0 saturated heterocycles. The Labute approximate surface area is 120 Å².